The highest BCUT2D eigenvalue weighted by atomic mass is 79.9. The van der Waals surface area contributed by atoms with Gasteiger partial charge in [0.15, 0.2) is 0 Å². The lowest BCUT2D eigenvalue weighted by atomic mass is 10.1. The number of methoxy groups -OCH3 is 2. The Kier molecular flexibility index (Phi) is 4.29. The number of aromatic amines is 1. The summed E-state index contributed by atoms with van der Waals surface area (Å²) in [5.41, 5.74) is 3.56. The first-order valence-electron chi connectivity index (χ1n) is 6.76. The number of amides is 1. The van der Waals surface area contributed by atoms with Crippen molar-refractivity contribution in [3.8, 4) is 5.88 Å². The molecule has 0 atom stereocenters. The Morgan fingerprint density at radius 3 is 2.95 bits per heavy atom. The molecule has 2 aromatic heterocycles. The van der Waals surface area contributed by atoms with Gasteiger partial charge in [0.2, 0.25) is 11.8 Å². The molecule has 0 unspecified atom stereocenters. The fraction of sp³-hybridized carbons (Fsp3) is 0.429. The molecule has 0 bridgehead atoms. The van der Waals surface area contributed by atoms with E-state index in [4.69, 9.17) is 21.1 Å². The zero-order chi connectivity index (χ0) is 15.9. The van der Waals surface area contributed by atoms with Crippen LogP contribution in [0.2, 0.25) is 5.02 Å². The van der Waals surface area contributed by atoms with Crippen LogP contribution < -0.4 is 4.74 Å². The highest BCUT2D eigenvalue weighted by Gasteiger charge is 2.26. The van der Waals surface area contributed by atoms with Crippen LogP contribution in [0.5, 0.6) is 5.88 Å². The van der Waals surface area contributed by atoms with Crippen LogP contribution in [0.25, 0.3) is 11.0 Å². The minimum absolute atomic E-state index is 0.0299. The van der Waals surface area contributed by atoms with Gasteiger partial charge in [-0.2, -0.15) is 0 Å². The van der Waals surface area contributed by atoms with E-state index in [9.17, 15) is 4.79 Å². The average molecular weight is 389 g/mol. The van der Waals surface area contributed by atoms with Crippen LogP contribution in [-0.2, 0) is 22.5 Å². The normalized spacial score (nSPS) is 14.3. The lowest BCUT2D eigenvalue weighted by molar-refractivity contribution is -0.136. The third kappa shape index (κ3) is 2.47. The van der Waals surface area contributed by atoms with Crippen molar-refractivity contribution in [3.05, 3.63) is 20.8 Å². The first-order chi connectivity index (χ1) is 10.6. The summed E-state index contributed by atoms with van der Waals surface area (Å²) in [6.45, 7) is 1.23. The Bertz CT molecular complexity index is 747. The number of pyridine rings is 1. The van der Waals surface area contributed by atoms with Crippen molar-refractivity contribution in [2.75, 3.05) is 27.4 Å². The highest BCUT2D eigenvalue weighted by Crippen LogP contribution is 2.39. The molecule has 1 amide bonds. The van der Waals surface area contributed by atoms with E-state index >= 15 is 0 Å². The van der Waals surface area contributed by atoms with Crippen molar-refractivity contribution in [1.29, 1.82) is 0 Å². The van der Waals surface area contributed by atoms with Gasteiger partial charge in [-0.3, -0.25) is 4.79 Å². The topological polar surface area (TPSA) is 67.5 Å². The number of fused-ring (bicyclic) bond motifs is 3. The smallest absolute Gasteiger partial charge is 0.248 e. The standard InChI is InChI=1S/C14H15BrClN3O3/c1-21-6-9(20)19-4-3-8-7(5-19)12-13(17-8)11(16)10(15)14(18-12)22-2/h17H,3-6H2,1-2H3. The third-order valence-electron chi connectivity index (χ3n) is 3.77. The minimum atomic E-state index is -0.0299. The van der Waals surface area contributed by atoms with Gasteiger partial charge in [0, 0.05) is 37.9 Å². The number of hydrogen-bond acceptors (Lipinski definition) is 4. The number of nitrogens with one attached hydrogen (secondary N) is 1. The largest absolute Gasteiger partial charge is 0.480 e. The number of halogens is 2. The van der Waals surface area contributed by atoms with Crippen molar-refractivity contribution in [2.24, 2.45) is 0 Å². The zero-order valence-corrected chi connectivity index (χ0v) is 14.5. The predicted octanol–water partition coefficient (Wildman–Crippen LogP) is 2.52. The van der Waals surface area contributed by atoms with Gasteiger partial charge in [-0.15, -0.1) is 0 Å². The molecule has 22 heavy (non-hydrogen) atoms. The second kappa shape index (κ2) is 6.06. The number of hydrogen-bond donors (Lipinski definition) is 1. The van der Waals surface area contributed by atoms with Gasteiger partial charge in [0.25, 0.3) is 0 Å². The molecule has 0 fully saturated rings. The average Bonchev–Trinajstić information content (AvgIpc) is 2.89. The molecule has 118 valence electrons. The fourth-order valence-corrected chi connectivity index (χ4v) is 3.35. The Labute approximate surface area is 140 Å². The molecule has 1 N–H and O–H groups in total. The molecule has 6 nitrogen and oxygen atoms in total. The van der Waals surface area contributed by atoms with Crippen LogP contribution >= 0.6 is 27.5 Å². The Hall–Kier alpha value is -1.31. The summed E-state index contributed by atoms with van der Waals surface area (Å²) in [6.07, 6.45) is 0.734. The molecule has 3 rings (SSSR count). The number of nitrogens with zero attached hydrogens (tertiary/aromatic N) is 2. The fourth-order valence-electron chi connectivity index (χ4n) is 2.68. The lowest BCUT2D eigenvalue weighted by Crippen LogP contribution is -2.37. The molecular weight excluding hydrogens is 374 g/mol. The second-order valence-electron chi connectivity index (χ2n) is 5.05. The number of aromatic nitrogens is 2. The first-order valence-corrected chi connectivity index (χ1v) is 7.93. The van der Waals surface area contributed by atoms with Crippen LogP contribution in [0.15, 0.2) is 4.47 Å². The Balaban J connectivity index is 2.06. The maximum atomic E-state index is 12.0. The molecule has 1 aliphatic heterocycles. The molecule has 8 heteroatoms. The molecule has 0 saturated heterocycles. The van der Waals surface area contributed by atoms with E-state index in [0.717, 1.165) is 28.7 Å². The maximum absolute atomic E-state index is 12.0. The van der Waals surface area contributed by atoms with Crippen LogP contribution in [0.4, 0.5) is 0 Å². The summed E-state index contributed by atoms with van der Waals surface area (Å²) in [7, 11) is 3.06. The predicted molar refractivity (Wildman–Crippen MR) is 86.4 cm³/mol. The molecule has 0 aliphatic carbocycles. The second-order valence-corrected chi connectivity index (χ2v) is 6.22. The summed E-state index contributed by atoms with van der Waals surface area (Å²) in [5, 5.41) is 0.533. The highest BCUT2D eigenvalue weighted by molar-refractivity contribution is 9.10. The molecule has 0 radical (unpaired) electrons. The lowest BCUT2D eigenvalue weighted by Gasteiger charge is -2.26. The summed E-state index contributed by atoms with van der Waals surface area (Å²) in [5.74, 6) is 0.400. The quantitative estimate of drug-likeness (QED) is 0.877. The number of carbonyl (C=O) groups excluding carboxylic acids is 1. The van der Waals surface area contributed by atoms with E-state index in [1.807, 2.05) is 0 Å². The molecule has 2 aromatic rings. The van der Waals surface area contributed by atoms with Crippen molar-refractivity contribution in [1.82, 2.24) is 14.9 Å². The zero-order valence-electron chi connectivity index (χ0n) is 12.2. The van der Waals surface area contributed by atoms with E-state index in [-0.39, 0.29) is 12.5 Å². The monoisotopic (exact) mass is 387 g/mol. The SMILES string of the molecule is COCC(=O)N1CCc2[nH]c3c(Cl)c(Br)c(OC)nc3c2C1. The summed E-state index contributed by atoms with van der Waals surface area (Å²) < 4.78 is 10.8. The van der Waals surface area contributed by atoms with Crippen LogP contribution in [0, 0.1) is 0 Å². The third-order valence-corrected chi connectivity index (χ3v) is 5.11. The van der Waals surface area contributed by atoms with Gasteiger partial charge in [-0.1, -0.05) is 11.6 Å². The van der Waals surface area contributed by atoms with Gasteiger partial charge >= 0.3 is 0 Å². The minimum Gasteiger partial charge on any atom is -0.480 e. The van der Waals surface area contributed by atoms with Crippen molar-refractivity contribution in [2.45, 2.75) is 13.0 Å². The van der Waals surface area contributed by atoms with E-state index in [1.165, 1.54) is 7.11 Å². The Morgan fingerprint density at radius 1 is 1.50 bits per heavy atom. The number of H-pyrrole nitrogens is 1. The Morgan fingerprint density at radius 2 is 2.27 bits per heavy atom. The van der Waals surface area contributed by atoms with Crippen molar-refractivity contribution < 1.29 is 14.3 Å². The van der Waals surface area contributed by atoms with Gasteiger partial charge < -0.3 is 19.4 Å². The van der Waals surface area contributed by atoms with Crippen LogP contribution in [0.3, 0.4) is 0 Å². The summed E-state index contributed by atoms with van der Waals surface area (Å²) >= 11 is 9.77. The van der Waals surface area contributed by atoms with Crippen molar-refractivity contribution >= 4 is 44.5 Å². The molecule has 0 aromatic carbocycles. The molecule has 0 saturated carbocycles. The summed E-state index contributed by atoms with van der Waals surface area (Å²) in [4.78, 5) is 21.6. The van der Waals surface area contributed by atoms with E-state index in [0.29, 0.717) is 28.5 Å². The van der Waals surface area contributed by atoms with E-state index in [1.54, 1.807) is 12.0 Å². The summed E-state index contributed by atoms with van der Waals surface area (Å²) in [6, 6.07) is 0. The molecular formula is C14H15BrClN3O3. The van der Waals surface area contributed by atoms with Gasteiger partial charge in [0.1, 0.15) is 11.1 Å². The molecule has 3 heterocycles. The maximum Gasteiger partial charge on any atom is 0.248 e. The van der Waals surface area contributed by atoms with Crippen molar-refractivity contribution in [3.63, 3.8) is 0 Å². The van der Waals surface area contributed by atoms with Crippen LogP contribution in [-0.4, -0.2) is 48.1 Å². The molecule has 1 aliphatic rings. The number of ether oxygens (including phenoxy) is 2. The van der Waals surface area contributed by atoms with Gasteiger partial charge in [0.05, 0.1) is 23.2 Å². The molecule has 0 spiro atoms. The van der Waals surface area contributed by atoms with Crippen LogP contribution in [0.1, 0.15) is 11.3 Å². The van der Waals surface area contributed by atoms with E-state index in [2.05, 4.69) is 25.9 Å². The van der Waals surface area contributed by atoms with Gasteiger partial charge in [-0.25, -0.2) is 4.98 Å². The number of carbonyl (C=O) groups is 1. The van der Waals surface area contributed by atoms with E-state index < -0.39 is 0 Å². The van der Waals surface area contributed by atoms with Gasteiger partial charge in [-0.05, 0) is 15.9 Å². The number of rotatable bonds is 3. The first kappa shape index (κ1) is 15.6.